The molecule has 0 saturated carbocycles. The van der Waals surface area contributed by atoms with E-state index in [1.165, 1.54) is 4.68 Å². The molecule has 1 amide bonds. The van der Waals surface area contributed by atoms with Gasteiger partial charge in [-0.15, -0.1) is 5.10 Å². The van der Waals surface area contributed by atoms with Crippen molar-refractivity contribution in [3.05, 3.63) is 53.6 Å². The van der Waals surface area contributed by atoms with E-state index in [4.69, 9.17) is 16.3 Å². The van der Waals surface area contributed by atoms with Gasteiger partial charge < -0.3 is 10.1 Å². The summed E-state index contributed by atoms with van der Waals surface area (Å²) < 4.78 is 6.38. The summed E-state index contributed by atoms with van der Waals surface area (Å²) in [6, 6.07) is 14.0. The van der Waals surface area contributed by atoms with Gasteiger partial charge in [0.15, 0.2) is 6.61 Å². The van der Waals surface area contributed by atoms with Crippen molar-refractivity contribution >= 4 is 40.2 Å². The minimum Gasteiger partial charge on any atom is -0.454 e. The molecule has 0 bridgehead atoms. The van der Waals surface area contributed by atoms with Gasteiger partial charge in [-0.1, -0.05) is 41.1 Å². The van der Waals surface area contributed by atoms with Crippen molar-refractivity contribution in [2.24, 2.45) is 0 Å². The lowest BCUT2D eigenvalue weighted by Gasteiger charge is -2.08. The Kier molecular flexibility index (Phi) is 4.72. The maximum absolute atomic E-state index is 11.9. The third kappa shape index (κ3) is 3.69. The normalized spacial score (nSPS) is 10.5. The Labute approximate surface area is 142 Å². The number of carbonyl (C=O) groups is 2. The molecule has 3 rings (SSSR count). The third-order valence-electron chi connectivity index (χ3n) is 3.21. The van der Waals surface area contributed by atoms with E-state index in [1.54, 1.807) is 36.4 Å². The minimum absolute atomic E-state index is 0.125. The van der Waals surface area contributed by atoms with Gasteiger partial charge in [0.25, 0.3) is 5.91 Å². The summed E-state index contributed by atoms with van der Waals surface area (Å²) in [5.41, 5.74) is 1.86. The summed E-state index contributed by atoms with van der Waals surface area (Å²) in [7, 11) is 0. The van der Waals surface area contributed by atoms with Crippen LogP contribution < -0.4 is 5.32 Å². The number of hydrogen-bond donors (Lipinski definition) is 1. The summed E-state index contributed by atoms with van der Waals surface area (Å²) in [6.45, 7) is -0.531. The van der Waals surface area contributed by atoms with E-state index in [0.717, 1.165) is 5.52 Å². The second-order valence-electron chi connectivity index (χ2n) is 4.92. The second-order valence-corrected chi connectivity index (χ2v) is 5.33. The lowest BCUT2D eigenvalue weighted by Crippen LogP contribution is -2.23. The number of amides is 1. The highest BCUT2D eigenvalue weighted by Gasteiger charge is 2.12. The molecular weight excluding hydrogens is 332 g/mol. The fraction of sp³-hybridized carbons (Fsp3) is 0.125. The molecule has 1 heterocycles. The average Bonchev–Trinajstić information content (AvgIpc) is 2.98. The number of para-hydroxylation sites is 2. The van der Waals surface area contributed by atoms with Crippen LogP contribution >= 0.6 is 11.6 Å². The van der Waals surface area contributed by atoms with Gasteiger partial charge in [-0.05, 0) is 24.3 Å². The highest BCUT2D eigenvalue weighted by atomic mass is 35.5. The standard InChI is InChI=1S/C16H13ClN4O3/c17-11-5-1-2-6-12(11)18-15(22)10-24-16(23)9-21-14-8-4-3-7-13(14)19-20-21/h1-8H,9-10H2,(H,18,22). The fourth-order valence-electron chi connectivity index (χ4n) is 2.10. The van der Waals surface area contributed by atoms with Crippen LogP contribution in [0.25, 0.3) is 11.0 Å². The summed E-state index contributed by atoms with van der Waals surface area (Å²) in [5, 5.41) is 10.8. The largest absolute Gasteiger partial charge is 0.454 e. The monoisotopic (exact) mass is 344 g/mol. The molecule has 8 heteroatoms. The number of anilines is 1. The molecule has 0 aliphatic carbocycles. The summed E-state index contributed by atoms with van der Waals surface area (Å²) in [4.78, 5) is 23.7. The molecule has 0 unspecified atom stereocenters. The van der Waals surface area contributed by atoms with Crippen LogP contribution in [0.1, 0.15) is 0 Å². The Morgan fingerprint density at radius 1 is 1.12 bits per heavy atom. The molecule has 7 nitrogen and oxygen atoms in total. The Morgan fingerprint density at radius 2 is 1.88 bits per heavy atom. The summed E-state index contributed by atoms with van der Waals surface area (Å²) in [6.07, 6.45) is 0. The van der Waals surface area contributed by atoms with Gasteiger partial charge in [-0.3, -0.25) is 9.59 Å². The van der Waals surface area contributed by atoms with Crippen LogP contribution in [-0.2, 0) is 20.9 Å². The summed E-state index contributed by atoms with van der Waals surface area (Å²) in [5.74, 6) is -1.06. The van der Waals surface area contributed by atoms with E-state index >= 15 is 0 Å². The lowest BCUT2D eigenvalue weighted by atomic mass is 10.3. The van der Waals surface area contributed by atoms with Crippen molar-refractivity contribution < 1.29 is 14.3 Å². The van der Waals surface area contributed by atoms with Crippen LogP contribution in [0.2, 0.25) is 5.02 Å². The van der Waals surface area contributed by atoms with Gasteiger partial charge in [0.1, 0.15) is 12.1 Å². The predicted molar refractivity (Wildman–Crippen MR) is 88.6 cm³/mol. The van der Waals surface area contributed by atoms with Gasteiger partial charge in [0, 0.05) is 0 Å². The topological polar surface area (TPSA) is 86.1 Å². The smallest absolute Gasteiger partial charge is 0.328 e. The number of carbonyl (C=O) groups excluding carboxylic acids is 2. The zero-order valence-corrected chi connectivity index (χ0v) is 13.2. The zero-order valence-electron chi connectivity index (χ0n) is 12.5. The number of rotatable bonds is 5. The molecule has 0 atom stereocenters. The molecule has 0 saturated heterocycles. The first kappa shape index (κ1) is 15.9. The molecule has 24 heavy (non-hydrogen) atoms. The first-order valence-electron chi connectivity index (χ1n) is 7.12. The quantitative estimate of drug-likeness (QED) is 0.717. The number of aromatic nitrogens is 3. The van der Waals surface area contributed by atoms with Gasteiger partial charge in [0.05, 0.1) is 16.2 Å². The van der Waals surface area contributed by atoms with Crippen LogP contribution in [0.3, 0.4) is 0 Å². The van der Waals surface area contributed by atoms with Gasteiger partial charge in [0.2, 0.25) is 0 Å². The van der Waals surface area contributed by atoms with Crippen LogP contribution in [0.15, 0.2) is 48.5 Å². The van der Waals surface area contributed by atoms with Crippen molar-refractivity contribution in [1.82, 2.24) is 15.0 Å². The number of hydrogen-bond acceptors (Lipinski definition) is 5. The maximum atomic E-state index is 11.9. The number of ether oxygens (including phenoxy) is 1. The Morgan fingerprint density at radius 3 is 2.71 bits per heavy atom. The zero-order chi connectivity index (χ0) is 16.9. The molecule has 2 aromatic carbocycles. The number of nitrogens with zero attached hydrogens (tertiary/aromatic N) is 3. The van der Waals surface area contributed by atoms with Gasteiger partial charge in [-0.25, -0.2) is 4.68 Å². The van der Waals surface area contributed by atoms with Crippen molar-refractivity contribution in [3.8, 4) is 0 Å². The van der Waals surface area contributed by atoms with Crippen molar-refractivity contribution in [2.75, 3.05) is 11.9 Å². The second kappa shape index (κ2) is 7.10. The number of esters is 1. The molecular formula is C16H13ClN4O3. The Hall–Kier alpha value is -2.93. The Balaban J connectivity index is 1.54. The van der Waals surface area contributed by atoms with E-state index in [2.05, 4.69) is 15.6 Å². The molecule has 0 radical (unpaired) electrons. The van der Waals surface area contributed by atoms with E-state index in [-0.39, 0.29) is 6.54 Å². The third-order valence-corrected chi connectivity index (χ3v) is 3.54. The number of benzene rings is 2. The minimum atomic E-state index is -0.583. The molecule has 1 N–H and O–H groups in total. The lowest BCUT2D eigenvalue weighted by molar-refractivity contribution is -0.148. The maximum Gasteiger partial charge on any atom is 0.328 e. The molecule has 3 aromatic rings. The van der Waals surface area contributed by atoms with Crippen LogP contribution in [0.4, 0.5) is 5.69 Å². The summed E-state index contributed by atoms with van der Waals surface area (Å²) >= 11 is 5.94. The molecule has 0 aliphatic heterocycles. The predicted octanol–water partition coefficient (Wildman–Crippen LogP) is 2.27. The number of fused-ring (bicyclic) bond motifs is 1. The van der Waals surface area contributed by atoms with E-state index in [0.29, 0.717) is 16.2 Å². The molecule has 122 valence electrons. The highest BCUT2D eigenvalue weighted by Crippen LogP contribution is 2.20. The van der Waals surface area contributed by atoms with Crippen LogP contribution in [-0.4, -0.2) is 33.5 Å². The van der Waals surface area contributed by atoms with Crippen molar-refractivity contribution in [3.63, 3.8) is 0 Å². The van der Waals surface area contributed by atoms with Crippen molar-refractivity contribution in [2.45, 2.75) is 6.54 Å². The van der Waals surface area contributed by atoms with E-state index < -0.39 is 18.5 Å². The highest BCUT2D eigenvalue weighted by molar-refractivity contribution is 6.33. The first-order chi connectivity index (χ1) is 11.6. The Bertz CT molecular complexity index is 894. The van der Waals surface area contributed by atoms with E-state index in [1.807, 2.05) is 12.1 Å². The molecule has 0 fully saturated rings. The van der Waals surface area contributed by atoms with Gasteiger partial charge >= 0.3 is 5.97 Å². The van der Waals surface area contributed by atoms with E-state index in [9.17, 15) is 9.59 Å². The average molecular weight is 345 g/mol. The van der Waals surface area contributed by atoms with Crippen LogP contribution in [0, 0.1) is 0 Å². The van der Waals surface area contributed by atoms with Crippen LogP contribution in [0.5, 0.6) is 0 Å². The fourth-order valence-corrected chi connectivity index (χ4v) is 2.28. The van der Waals surface area contributed by atoms with Crippen molar-refractivity contribution in [1.29, 1.82) is 0 Å². The van der Waals surface area contributed by atoms with Gasteiger partial charge in [-0.2, -0.15) is 0 Å². The molecule has 1 aromatic heterocycles. The molecule has 0 aliphatic rings. The SMILES string of the molecule is O=C(COC(=O)Cn1nnc2ccccc21)Nc1ccccc1Cl. The first-order valence-corrected chi connectivity index (χ1v) is 7.49. The number of halogens is 1. The molecule has 0 spiro atoms. The number of nitrogens with one attached hydrogen (secondary N) is 1.